The van der Waals surface area contributed by atoms with Crippen LogP contribution in [0.15, 0.2) is 73.4 Å². The number of carbonyl (C=O) groups excluding carboxylic acids is 2. The van der Waals surface area contributed by atoms with E-state index in [1.54, 1.807) is 40.2 Å². The zero-order chi connectivity index (χ0) is 40.8. The van der Waals surface area contributed by atoms with Crippen LogP contribution in [0.1, 0.15) is 47.6 Å². The van der Waals surface area contributed by atoms with Crippen molar-refractivity contribution < 1.29 is 37.3 Å². The van der Waals surface area contributed by atoms with Gasteiger partial charge in [-0.15, -0.1) is 0 Å². The number of nitrogens with zero attached hydrogens (tertiary/aromatic N) is 8. The highest BCUT2D eigenvalue weighted by Gasteiger charge is 2.35. The number of amides is 2. The minimum atomic E-state index is -1.51. The van der Waals surface area contributed by atoms with Crippen molar-refractivity contribution in [3.05, 3.63) is 118 Å². The minimum absolute atomic E-state index is 0.0600. The van der Waals surface area contributed by atoms with Gasteiger partial charge in [0, 0.05) is 48.2 Å². The number of nitrogens with one attached hydrogen (secondary N) is 2. The van der Waals surface area contributed by atoms with Crippen molar-refractivity contribution >= 4 is 34.9 Å². The van der Waals surface area contributed by atoms with Gasteiger partial charge in [0.15, 0.2) is 23.3 Å². The van der Waals surface area contributed by atoms with Crippen LogP contribution >= 0.6 is 11.6 Å². The van der Waals surface area contributed by atoms with Crippen molar-refractivity contribution in [1.29, 1.82) is 0 Å². The molecule has 2 amide bonds. The van der Waals surface area contributed by atoms with Crippen LogP contribution in [0.5, 0.6) is 5.75 Å². The highest BCUT2D eigenvalue weighted by molar-refractivity contribution is 6.30. The third-order valence-electron chi connectivity index (χ3n) is 9.76. The average molecular weight is 817 g/mol. The molecule has 0 radical (unpaired) electrons. The Morgan fingerprint density at radius 3 is 2.57 bits per heavy atom. The third-order valence-corrected chi connectivity index (χ3v) is 10.00. The Kier molecular flexibility index (Phi) is 12.3. The van der Waals surface area contributed by atoms with E-state index >= 15 is 0 Å². The van der Waals surface area contributed by atoms with E-state index in [0.717, 1.165) is 29.9 Å². The summed E-state index contributed by atoms with van der Waals surface area (Å²) < 4.78 is 52.8. The Labute approximate surface area is 334 Å². The van der Waals surface area contributed by atoms with Gasteiger partial charge in [-0.2, -0.15) is 30.6 Å². The van der Waals surface area contributed by atoms with E-state index in [9.17, 15) is 27.9 Å². The summed E-state index contributed by atoms with van der Waals surface area (Å²) in [4.78, 5) is 27.1. The molecule has 3 N–H and O–H groups in total. The third kappa shape index (κ3) is 8.83. The van der Waals surface area contributed by atoms with E-state index in [1.807, 2.05) is 12.1 Å². The van der Waals surface area contributed by atoms with Gasteiger partial charge in [0.25, 0.3) is 0 Å². The number of hydrogen-bond acceptors (Lipinski definition) is 11. The molecule has 0 bridgehead atoms. The first-order valence-electron chi connectivity index (χ1n) is 18.1. The number of aromatic amines is 1. The average Bonchev–Trinajstić information content (AvgIpc) is 3.96. The molecule has 0 aliphatic carbocycles. The number of aromatic nitrogens is 8. The maximum atomic E-state index is 13.5. The quantitative estimate of drug-likeness (QED) is 0.136. The fraction of sp³-hybridized carbons (Fsp3) is 0.282. The van der Waals surface area contributed by atoms with Crippen molar-refractivity contribution in [2.45, 2.75) is 44.8 Å². The summed E-state index contributed by atoms with van der Waals surface area (Å²) in [5, 5.41) is 39.4. The van der Waals surface area contributed by atoms with Crippen LogP contribution in [0.3, 0.4) is 0 Å². The molecule has 0 spiro atoms. The van der Waals surface area contributed by atoms with Crippen molar-refractivity contribution in [3.8, 4) is 22.7 Å². The first-order valence-corrected chi connectivity index (χ1v) is 18.5. The molecule has 2 aromatic carbocycles. The van der Waals surface area contributed by atoms with Crippen LogP contribution in [0.2, 0.25) is 5.02 Å². The fourth-order valence-electron chi connectivity index (χ4n) is 6.98. The predicted octanol–water partition coefficient (Wildman–Crippen LogP) is 5.73. The second-order valence-corrected chi connectivity index (χ2v) is 13.9. The molecule has 8 rings (SSSR count). The van der Waals surface area contributed by atoms with Crippen molar-refractivity contribution in [3.63, 3.8) is 0 Å². The van der Waals surface area contributed by atoms with Gasteiger partial charge in [0.2, 0.25) is 11.8 Å². The van der Waals surface area contributed by atoms with Crippen LogP contribution in [-0.4, -0.2) is 77.6 Å². The zero-order valence-electron chi connectivity index (χ0n) is 30.9. The Balaban J connectivity index is 0.000000177. The van der Waals surface area contributed by atoms with Crippen molar-refractivity contribution in [1.82, 2.24) is 40.4 Å². The van der Waals surface area contributed by atoms with Crippen molar-refractivity contribution in [2.75, 3.05) is 30.5 Å². The maximum absolute atomic E-state index is 13.5. The van der Waals surface area contributed by atoms with E-state index < -0.39 is 23.4 Å². The predicted molar refractivity (Wildman–Crippen MR) is 203 cm³/mol. The number of carbonyl (C=O) groups is 2. The summed E-state index contributed by atoms with van der Waals surface area (Å²) in [7, 11) is 1.54. The van der Waals surface area contributed by atoms with Gasteiger partial charge >= 0.3 is 0 Å². The number of H-pyrrole nitrogens is 1. The number of fused-ring (bicyclic) bond motifs is 1. The lowest BCUT2D eigenvalue weighted by Crippen LogP contribution is -2.28. The van der Waals surface area contributed by atoms with Gasteiger partial charge in [0.05, 0.1) is 73.6 Å². The highest BCUT2D eigenvalue weighted by atomic mass is 35.5. The van der Waals surface area contributed by atoms with Crippen LogP contribution in [0, 0.1) is 23.4 Å². The molecule has 15 nitrogen and oxygen atoms in total. The molecule has 0 saturated carbocycles. The molecular weight excluding hydrogens is 781 g/mol. The second-order valence-electron chi connectivity index (χ2n) is 13.5. The van der Waals surface area contributed by atoms with Crippen molar-refractivity contribution in [2.24, 2.45) is 5.92 Å². The lowest BCUT2D eigenvalue weighted by molar-refractivity contribution is -0.120. The molecule has 1 fully saturated rings. The minimum Gasteiger partial charge on any atom is -0.493 e. The number of anilines is 2. The number of halogens is 4. The lowest BCUT2D eigenvalue weighted by Gasteiger charge is -2.25. The van der Waals surface area contributed by atoms with Gasteiger partial charge in [-0.05, 0) is 66.6 Å². The molecule has 2 unspecified atom stereocenters. The number of ether oxygens (including phenoxy) is 2. The maximum Gasteiger partial charge on any atom is 0.230 e. The Morgan fingerprint density at radius 1 is 1.02 bits per heavy atom. The van der Waals surface area contributed by atoms with Crippen LogP contribution in [0.4, 0.5) is 24.7 Å². The molecule has 6 aromatic rings. The summed E-state index contributed by atoms with van der Waals surface area (Å²) in [5.74, 6) is -3.64. The van der Waals surface area contributed by atoms with Gasteiger partial charge < -0.3 is 24.8 Å². The number of benzene rings is 2. The smallest absolute Gasteiger partial charge is 0.230 e. The molecule has 6 heterocycles. The molecule has 58 heavy (non-hydrogen) atoms. The van der Waals surface area contributed by atoms with Crippen LogP contribution < -0.4 is 15.0 Å². The molecular formula is C39H36ClF3N10O5. The number of hydrogen-bond donors (Lipinski definition) is 3. The molecule has 4 aromatic heterocycles. The molecule has 300 valence electrons. The van der Waals surface area contributed by atoms with Gasteiger partial charge in [-0.3, -0.25) is 14.7 Å². The van der Waals surface area contributed by atoms with E-state index in [4.69, 9.17) is 21.1 Å². The SMILES string of the molecule is COCc1c(N2CCC(Cc3cc(F)c(F)c(F)c3)C2=O)cnn1-c1ccnnc1.O=C(CC1CCOc2cc(Cl)ccc21)Nc1cc(-c2cnncc2CO)[nH]n1. The Bertz CT molecular complexity index is 2390. The zero-order valence-corrected chi connectivity index (χ0v) is 31.7. The van der Waals surface area contributed by atoms with E-state index in [-0.39, 0.29) is 42.9 Å². The first-order chi connectivity index (χ1) is 28.1. The van der Waals surface area contributed by atoms with Gasteiger partial charge in [-0.1, -0.05) is 17.7 Å². The highest BCUT2D eigenvalue weighted by Crippen LogP contribution is 2.38. The monoisotopic (exact) mass is 816 g/mol. The Hall–Kier alpha value is -6.24. The molecule has 2 aliphatic rings. The summed E-state index contributed by atoms with van der Waals surface area (Å²) in [6, 6.07) is 10.8. The number of methoxy groups -OCH3 is 1. The summed E-state index contributed by atoms with van der Waals surface area (Å²) in [6.45, 7) is 1.02. The second kappa shape index (κ2) is 17.9. The largest absolute Gasteiger partial charge is 0.493 e. The van der Waals surface area contributed by atoms with Crippen LogP contribution in [0.25, 0.3) is 16.9 Å². The van der Waals surface area contributed by atoms with E-state index in [2.05, 4.69) is 41.0 Å². The lowest BCUT2D eigenvalue weighted by atomic mass is 9.90. The van der Waals surface area contributed by atoms with E-state index in [1.165, 1.54) is 25.7 Å². The standard InChI is InChI=1S/C20H18F3N5O2.C19H18ClN5O3/c1-30-11-18-17(10-26-28(18)14-2-4-24-25-9-14)27-5-3-13(20(27)29)6-12-7-15(21)19(23)16(22)8-12;20-13-1-2-14-11(3-4-28-17(14)6-13)5-19(27)23-18-7-16(24-25-18)15-9-22-21-8-12(15)10-26/h2,4,7-10,13H,3,5-6,11H2,1H3;1-2,6-9,11,26H,3-5,10H2,(H2,23,24,25,27). The molecule has 19 heteroatoms. The summed E-state index contributed by atoms with van der Waals surface area (Å²) in [5.41, 5.74) is 5.10. The molecule has 2 aliphatic heterocycles. The van der Waals surface area contributed by atoms with E-state index in [0.29, 0.717) is 70.7 Å². The molecule has 2 atom stereocenters. The van der Waals surface area contributed by atoms with Gasteiger partial charge in [0.1, 0.15) is 5.75 Å². The normalized spacial score (nSPS) is 16.0. The van der Waals surface area contributed by atoms with Crippen LogP contribution in [-0.2, 0) is 34.0 Å². The number of aliphatic hydroxyl groups is 1. The van der Waals surface area contributed by atoms with Gasteiger partial charge in [-0.25, -0.2) is 17.9 Å². The number of aliphatic hydroxyl groups excluding tert-OH is 1. The fourth-order valence-corrected chi connectivity index (χ4v) is 7.14. The molecule has 1 saturated heterocycles. The Morgan fingerprint density at radius 2 is 1.81 bits per heavy atom. The number of rotatable bonds is 11. The first kappa shape index (κ1) is 40.0. The summed E-state index contributed by atoms with van der Waals surface area (Å²) in [6.07, 6.45) is 9.37. The topological polar surface area (TPSA) is 186 Å². The summed E-state index contributed by atoms with van der Waals surface area (Å²) >= 11 is 6.02.